The second-order valence-corrected chi connectivity index (χ2v) is 4.28. The molecule has 0 aliphatic heterocycles. The predicted molar refractivity (Wildman–Crippen MR) is 76.1 cm³/mol. The summed E-state index contributed by atoms with van der Waals surface area (Å²) in [6.45, 7) is 5.35. The normalized spacial score (nSPS) is 10.8. The monoisotopic (exact) mass is 275 g/mol. The van der Waals surface area contributed by atoms with Crippen LogP contribution in [0.2, 0.25) is 0 Å². The van der Waals surface area contributed by atoms with Crippen LogP contribution in [0.4, 0.5) is 0 Å². The molecule has 0 saturated heterocycles. The number of carbonyl (C=O) groups is 1. The van der Waals surface area contributed by atoms with Crippen LogP contribution in [0.1, 0.15) is 25.7 Å². The molecule has 0 aliphatic rings. The van der Waals surface area contributed by atoms with Gasteiger partial charge in [0.05, 0.1) is 13.5 Å². The average molecular weight is 275 g/mol. The second kappa shape index (κ2) is 17.5. The number of hydrogen-bond donors (Lipinski definition) is 3. The summed E-state index contributed by atoms with van der Waals surface area (Å²) >= 11 is 0. The van der Waals surface area contributed by atoms with Gasteiger partial charge in [0, 0.05) is 7.11 Å². The highest BCUT2D eigenvalue weighted by atomic mass is 16.5. The van der Waals surface area contributed by atoms with E-state index in [0.717, 1.165) is 45.3 Å². The Morgan fingerprint density at radius 2 is 1.37 bits per heavy atom. The Bertz CT molecular complexity index is 183. The second-order valence-electron chi connectivity index (χ2n) is 4.28. The van der Waals surface area contributed by atoms with E-state index in [2.05, 4.69) is 16.0 Å². The highest BCUT2D eigenvalue weighted by Crippen LogP contribution is 1.87. The van der Waals surface area contributed by atoms with Crippen molar-refractivity contribution in [2.24, 2.45) is 0 Å². The Labute approximate surface area is 116 Å². The van der Waals surface area contributed by atoms with Gasteiger partial charge in [-0.25, -0.2) is 0 Å². The highest BCUT2D eigenvalue weighted by molar-refractivity contribution is 5.50. The van der Waals surface area contributed by atoms with Crippen LogP contribution in [0.15, 0.2) is 0 Å². The third-order valence-electron chi connectivity index (χ3n) is 2.55. The molecule has 3 N–H and O–H groups in total. The number of methoxy groups -OCH3 is 1. The third-order valence-corrected chi connectivity index (χ3v) is 2.55. The lowest BCUT2D eigenvalue weighted by molar-refractivity contribution is -0.112. The molecule has 0 bridgehead atoms. The van der Waals surface area contributed by atoms with Crippen LogP contribution >= 0.6 is 0 Å². The minimum atomic E-state index is 0.174. The van der Waals surface area contributed by atoms with E-state index in [1.165, 1.54) is 12.8 Å². The molecule has 0 aromatic rings. The van der Waals surface area contributed by atoms with Gasteiger partial charge in [-0.05, 0) is 51.9 Å². The first kappa shape index (κ1) is 18.5. The molecule has 0 spiro atoms. The Morgan fingerprint density at radius 3 is 1.89 bits per heavy atom. The highest BCUT2D eigenvalue weighted by Gasteiger charge is 1.91. The van der Waals surface area contributed by atoms with Crippen LogP contribution in [0.3, 0.4) is 0 Å². The number of ether oxygens (including phenoxy) is 2. The summed E-state index contributed by atoms with van der Waals surface area (Å²) in [6.07, 6.45) is 5.40. The summed E-state index contributed by atoms with van der Waals surface area (Å²) in [6, 6.07) is 0. The van der Waals surface area contributed by atoms with E-state index in [-0.39, 0.29) is 6.61 Å². The summed E-state index contributed by atoms with van der Waals surface area (Å²) in [4.78, 5) is 9.97. The number of carbonyl (C=O) groups excluding carboxylic acids is 1. The van der Waals surface area contributed by atoms with E-state index in [1.807, 2.05) is 0 Å². The maximum atomic E-state index is 9.97. The van der Waals surface area contributed by atoms with E-state index in [1.54, 1.807) is 7.11 Å². The number of aldehydes is 1. The van der Waals surface area contributed by atoms with Crippen LogP contribution in [0.5, 0.6) is 0 Å². The van der Waals surface area contributed by atoms with Gasteiger partial charge in [-0.3, -0.25) is 10.6 Å². The van der Waals surface area contributed by atoms with Crippen LogP contribution in [0.25, 0.3) is 0 Å². The first-order valence-corrected chi connectivity index (χ1v) is 7.04. The van der Waals surface area contributed by atoms with E-state index in [0.29, 0.717) is 13.5 Å². The molecule has 0 aromatic carbocycles. The fourth-order valence-electron chi connectivity index (χ4n) is 1.55. The van der Waals surface area contributed by atoms with Crippen molar-refractivity contribution in [3.63, 3.8) is 0 Å². The third kappa shape index (κ3) is 17.5. The first-order chi connectivity index (χ1) is 9.41. The van der Waals surface area contributed by atoms with Crippen molar-refractivity contribution in [1.82, 2.24) is 16.0 Å². The van der Waals surface area contributed by atoms with Crippen molar-refractivity contribution in [3.05, 3.63) is 0 Å². The zero-order valence-corrected chi connectivity index (χ0v) is 12.1. The Balaban J connectivity index is 2.89. The van der Waals surface area contributed by atoms with E-state index in [9.17, 15) is 4.79 Å². The minimum Gasteiger partial charge on any atom is -0.370 e. The number of unbranched alkanes of at least 4 members (excludes halogenated alkanes) is 2. The van der Waals surface area contributed by atoms with Crippen LogP contribution in [-0.2, 0) is 14.3 Å². The van der Waals surface area contributed by atoms with Gasteiger partial charge in [-0.1, -0.05) is 0 Å². The zero-order chi connectivity index (χ0) is 14.0. The Hall–Kier alpha value is -0.530. The lowest BCUT2D eigenvalue weighted by Crippen LogP contribution is -2.23. The molecule has 0 unspecified atom stereocenters. The van der Waals surface area contributed by atoms with Gasteiger partial charge < -0.3 is 19.6 Å². The molecule has 19 heavy (non-hydrogen) atoms. The number of hydrogen-bond acceptors (Lipinski definition) is 6. The Morgan fingerprint density at radius 1 is 0.842 bits per heavy atom. The molecule has 6 nitrogen and oxygen atoms in total. The topological polar surface area (TPSA) is 71.6 Å². The quantitative estimate of drug-likeness (QED) is 0.211. The lowest BCUT2D eigenvalue weighted by Gasteiger charge is -2.06. The molecular formula is C13H29N3O3. The minimum absolute atomic E-state index is 0.174. The molecular weight excluding hydrogens is 246 g/mol. The van der Waals surface area contributed by atoms with Gasteiger partial charge >= 0.3 is 0 Å². The van der Waals surface area contributed by atoms with Crippen molar-refractivity contribution >= 4 is 6.29 Å². The summed E-state index contributed by atoms with van der Waals surface area (Å²) in [5.41, 5.74) is 0. The van der Waals surface area contributed by atoms with E-state index >= 15 is 0 Å². The van der Waals surface area contributed by atoms with Gasteiger partial charge in [-0.15, -0.1) is 0 Å². The molecule has 114 valence electrons. The molecule has 0 fully saturated rings. The smallest absolute Gasteiger partial charge is 0.145 e. The fraction of sp³-hybridized carbons (Fsp3) is 0.923. The zero-order valence-electron chi connectivity index (χ0n) is 12.1. The SMILES string of the molecule is COCNCCCCNCCCCNCOCC=O. The Kier molecular flexibility index (Phi) is 17.0. The molecule has 0 atom stereocenters. The molecule has 0 radical (unpaired) electrons. The van der Waals surface area contributed by atoms with Crippen molar-refractivity contribution in [1.29, 1.82) is 0 Å². The maximum absolute atomic E-state index is 9.97. The largest absolute Gasteiger partial charge is 0.370 e. The first-order valence-electron chi connectivity index (χ1n) is 7.04. The van der Waals surface area contributed by atoms with Crippen molar-refractivity contribution in [2.45, 2.75) is 25.7 Å². The molecule has 0 aromatic heterocycles. The molecule has 0 saturated carbocycles. The van der Waals surface area contributed by atoms with Crippen LogP contribution in [-0.4, -0.2) is 59.6 Å². The lowest BCUT2D eigenvalue weighted by atomic mass is 10.3. The van der Waals surface area contributed by atoms with Gasteiger partial charge in [0.2, 0.25) is 0 Å². The van der Waals surface area contributed by atoms with Gasteiger partial charge in [0.15, 0.2) is 0 Å². The summed E-state index contributed by atoms with van der Waals surface area (Å²) < 4.78 is 9.87. The molecule has 0 heterocycles. The summed E-state index contributed by atoms with van der Waals surface area (Å²) in [5, 5.41) is 9.73. The van der Waals surface area contributed by atoms with E-state index < -0.39 is 0 Å². The van der Waals surface area contributed by atoms with Gasteiger partial charge in [0.1, 0.15) is 12.9 Å². The predicted octanol–water partition coefficient (Wildman–Crippen LogP) is 0.0925. The standard InChI is InChI=1S/C13H29N3O3/c1-18-12-15-8-4-2-6-14-7-3-5-9-16-13-19-11-10-17/h10,14-16H,2-9,11-13H2,1H3. The van der Waals surface area contributed by atoms with Crippen LogP contribution in [0, 0.1) is 0 Å². The van der Waals surface area contributed by atoms with Gasteiger partial charge in [-0.2, -0.15) is 0 Å². The molecule has 6 heteroatoms. The van der Waals surface area contributed by atoms with E-state index in [4.69, 9.17) is 9.47 Å². The summed E-state index contributed by atoms with van der Waals surface area (Å²) in [5.74, 6) is 0. The molecule has 0 rings (SSSR count). The maximum Gasteiger partial charge on any atom is 0.145 e. The van der Waals surface area contributed by atoms with Crippen LogP contribution < -0.4 is 16.0 Å². The van der Waals surface area contributed by atoms with Crippen molar-refractivity contribution in [2.75, 3.05) is 53.4 Å². The average Bonchev–Trinajstić information content (AvgIpc) is 2.43. The number of rotatable bonds is 16. The summed E-state index contributed by atoms with van der Waals surface area (Å²) in [7, 11) is 1.69. The fourth-order valence-corrected chi connectivity index (χ4v) is 1.55. The number of nitrogens with one attached hydrogen (secondary N) is 3. The van der Waals surface area contributed by atoms with Crippen molar-refractivity contribution in [3.8, 4) is 0 Å². The molecule has 0 aliphatic carbocycles. The van der Waals surface area contributed by atoms with Crippen molar-refractivity contribution < 1.29 is 14.3 Å². The molecule has 0 amide bonds. The van der Waals surface area contributed by atoms with Gasteiger partial charge in [0.25, 0.3) is 0 Å².